The standard InChI is InChI=1S/C10H16N4O4/c11-7(9(17)18)2-1-3-13-10(12)14-5-6(15)4-8(14)16/h7H,1-5,11H2,(H2,12,13)(H,17,18)/t7-/m0/s1. The van der Waals surface area contributed by atoms with Crippen LogP contribution >= 0.6 is 0 Å². The first-order chi connectivity index (χ1) is 8.41. The maximum atomic E-state index is 11.3. The molecule has 0 aliphatic carbocycles. The third kappa shape index (κ3) is 3.81. The summed E-state index contributed by atoms with van der Waals surface area (Å²) in [7, 11) is 0. The monoisotopic (exact) mass is 256 g/mol. The number of carbonyl (C=O) groups excluding carboxylic acids is 2. The summed E-state index contributed by atoms with van der Waals surface area (Å²) in [5.74, 6) is -1.61. The fourth-order valence-electron chi connectivity index (χ4n) is 1.51. The minimum Gasteiger partial charge on any atom is -0.480 e. The topological polar surface area (TPSA) is 139 Å². The number of aliphatic carboxylic acids is 1. The van der Waals surface area contributed by atoms with Crippen LogP contribution in [0.3, 0.4) is 0 Å². The fourth-order valence-corrected chi connectivity index (χ4v) is 1.51. The van der Waals surface area contributed by atoms with E-state index >= 15 is 0 Å². The number of likely N-dealkylation sites (tertiary alicyclic amines) is 1. The molecule has 0 unspecified atom stereocenters. The number of carboxylic acid groups (broad SMARTS) is 1. The van der Waals surface area contributed by atoms with Gasteiger partial charge >= 0.3 is 5.97 Å². The maximum absolute atomic E-state index is 11.3. The lowest BCUT2D eigenvalue weighted by Crippen LogP contribution is -2.38. The molecule has 1 fully saturated rings. The Hall–Kier alpha value is -1.96. The zero-order valence-electron chi connectivity index (χ0n) is 9.83. The zero-order valence-corrected chi connectivity index (χ0v) is 9.83. The molecular formula is C10H16N4O4. The first kappa shape index (κ1) is 14.1. The van der Waals surface area contributed by atoms with Gasteiger partial charge in [-0.3, -0.25) is 24.3 Å². The van der Waals surface area contributed by atoms with Crippen LogP contribution in [0.25, 0.3) is 0 Å². The van der Waals surface area contributed by atoms with Crippen LogP contribution in [-0.2, 0) is 14.4 Å². The fraction of sp³-hybridized carbons (Fsp3) is 0.600. The normalized spacial score (nSPS) is 18.3. The van der Waals surface area contributed by atoms with E-state index < -0.39 is 12.0 Å². The quantitative estimate of drug-likeness (QED) is 0.232. The number of rotatable bonds is 5. The van der Waals surface area contributed by atoms with Crippen LogP contribution in [0.2, 0.25) is 0 Å². The largest absolute Gasteiger partial charge is 0.480 e. The molecule has 0 radical (unpaired) electrons. The van der Waals surface area contributed by atoms with E-state index in [1.54, 1.807) is 0 Å². The van der Waals surface area contributed by atoms with Crippen LogP contribution in [0, 0.1) is 0 Å². The summed E-state index contributed by atoms with van der Waals surface area (Å²) in [6, 6.07) is -0.920. The number of ketones is 1. The lowest BCUT2D eigenvalue weighted by Gasteiger charge is -2.13. The summed E-state index contributed by atoms with van der Waals surface area (Å²) in [5.41, 5.74) is 10.9. The average molecular weight is 256 g/mol. The Balaban J connectivity index is 2.36. The molecule has 0 aromatic heterocycles. The maximum Gasteiger partial charge on any atom is 0.320 e. The van der Waals surface area contributed by atoms with Crippen molar-refractivity contribution in [1.29, 1.82) is 0 Å². The number of nitrogens with two attached hydrogens (primary N) is 2. The highest BCUT2D eigenvalue weighted by Gasteiger charge is 2.29. The lowest BCUT2D eigenvalue weighted by atomic mass is 10.2. The number of aliphatic imine (C=N–C) groups is 1. The lowest BCUT2D eigenvalue weighted by molar-refractivity contribution is -0.138. The Labute approximate surface area is 104 Å². The van der Waals surface area contributed by atoms with Gasteiger partial charge in [0.05, 0.1) is 13.0 Å². The van der Waals surface area contributed by atoms with Crippen molar-refractivity contribution in [2.75, 3.05) is 13.1 Å². The highest BCUT2D eigenvalue weighted by molar-refractivity contribution is 6.12. The second-order valence-electron chi connectivity index (χ2n) is 4.02. The summed E-state index contributed by atoms with van der Waals surface area (Å²) in [6.45, 7) is 0.230. The second kappa shape index (κ2) is 6.10. The number of hydrogen-bond acceptors (Lipinski definition) is 5. The summed E-state index contributed by atoms with van der Waals surface area (Å²) < 4.78 is 0. The molecule has 100 valence electrons. The Morgan fingerprint density at radius 3 is 2.67 bits per heavy atom. The van der Waals surface area contributed by atoms with Gasteiger partial charge in [-0.05, 0) is 12.8 Å². The zero-order chi connectivity index (χ0) is 13.7. The van der Waals surface area contributed by atoms with Crippen molar-refractivity contribution in [3.05, 3.63) is 0 Å². The number of amides is 1. The molecule has 0 saturated carbocycles. The van der Waals surface area contributed by atoms with Crippen molar-refractivity contribution in [3.8, 4) is 0 Å². The average Bonchev–Trinajstić information content (AvgIpc) is 2.63. The van der Waals surface area contributed by atoms with Gasteiger partial charge in [-0.1, -0.05) is 0 Å². The third-order valence-corrected chi connectivity index (χ3v) is 2.52. The van der Waals surface area contributed by atoms with E-state index in [4.69, 9.17) is 16.6 Å². The van der Waals surface area contributed by atoms with E-state index in [9.17, 15) is 14.4 Å². The number of guanidine groups is 1. The molecule has 1 amide bonds. The second-order valence-corrected chi connectivity index (χ2v) is 4.02. The number of carbonyl (C=O) groups is 3. The molecule has 8 nitrogen and oxygen atoms in total. The molecule has 5 N–H and O–H groups in total. The van der Waals surface area contributed by atoms with Crippen molar-refractivity contribution in [2.45, 2.75) is 25.3 Å². The molecule has 1 saturated heterocycles. The van der Waals surface area contributed by atoms with Crippen LogP contribution in [0.4, 0.5) is 0 Å². The molecule has 8 heteroatoms. The van der Waals surface area contributed by atoms with Crippen molar-refractivity contribution in [1.82, 2.24) is 4.90 Å². The van der Waals surface area contributed by atoms with Gasteiger partial charge in [0.2, 0.25) is 5.91 Å². The van der Waals surface area contributed by atoms with E-state index in [1.165, 1.54) is 0 Å². The highest BCUT2D eigenvalue weighted by Crippen LogP contribution is 2.06. The van der Waals surface area contributed by atoms with Crippen molar-refractivity contribution in [2.24, 2.45) is 16.5 Å². The van der Waals surface area contributed by atoms with Gasteiger partial charge in [-0.2, -0.15) is 0 Å². The molecule has 0 aromatic carbocycles. The minimum atomic E-state index is -1.06. The molecule has 1 aliphatic heterocycles. The van der Waals surface area contributed by atoms with E-state index in [1.807, 2.05) is 0 Å². The van der Waals surface area contributed by atoms with E-state index in [0.717, 1.165) is 4.90 Å². The number of nitrogens with zero attached hydrogens (tertiary/aromatic N) is 2. The van der Waals surface area contributed by atoms with E-state index in [2.05, 4.69) is 4.99 Å². The molecule has 0 aromatic rings. The molecule has 0 spiro atoms. The predicted molar refractivity (Wildman–Crippen MR) is 62.7 cm³/mol. The molecule has 0 bridgehead atoms. The van der Waals surface area contributed by atoms with Crippen LogP contribution in [0.5, 0.6) is 0 Å². The summed E-state index contributed by atoms with van der Waals surface area (Å²) in [6.07, 6.45) is 0.587. The summed E-state index contributed by atoms with van der Waals surface area (Å²) >= 11 is 0. The Morgan fingerprint density at radius 2 is 2.17 bits per heavy atom. The van der Waals surface area contributed by atoms with Gasteiger partial charge in [-0.15, -0.1) is 0 Å². The van der Waals surface area contributed by atoms with Gasteiger partial charge in [0.1, 0.15) is 6.04 Å². The van der Waals surface area contributed by atoms with Crippen LogP contribution in [0.15, 0.2) is 4.99 Å². The van der Waals surface area contributed by atoms with Crippen molar-refractivity contribution >= 4 is 23.6 Å². The first-order valence-corrected chi connectivity index (χ1v) is 5.52. The first-order valence-electron chi connectivity index (χ1n) is 5.52. The molecule has 1 aliphatic rings. The van der Waals surface area contributed by atoms with Gasteiger partial charge in [0.25, 0.3) is 0 Å². The number of Topliss-reactive ketones (excluding diaryl/α,β-unsaturated/α-hetero) is 1. The number of hydrogen-bond donors (Lipinski definition) is 3. The molecule has 18 heavy (non-hydrogen) atoms. The summed E-state index contributed by atoms with van der Waals surface area (Å²) in [5, 5.41) is 8.55. The van der Waals surface area contributed by atoms with Gasteiger partial charge in [0, 0.05) is 6.54 Å². The molecule has 1 atom stereocenters. The highest BCUT2D eigenvalue weighted by atomic mass is 16.4. The van der Waals surface area contributed by atoms with Gasteiger partial charge in [0.15, 0.2) is 11.7 Å². The van der Waals surface area contributed by atoms with E-state index in [0.29, 0.717) is 6.42 Å². The number of carboxylic acids is 1. The SMILES string of the molecule is NC(=NCCC[C@H](N)C(=O)O)N1CC(=O)CC1=O. The minimum absolute atomic E-state index is 0.00486. The molecular weight excluding hydrogens is 240 g/mol. The summed E-state index contributed by atoms with van der Waals surface area (Å²) in [4.78, 5) is 37.8. The van der Waals surface area contributed by atoms with Crippen molar-refractivity contribution < 1.29 is 19.5 Å². The Morgan fingerprint density at radius 1 is 1.50 bits per heavy atom. The third-order valence-electron chi connectivity index (χ3n) is 2.52. The van der Waals surface area contributed by atoms with Gasteiger partial charge in [-0.25, -0.2) is 0 Å². The predicted octanol–water partition coefficient (Wildman–Crippen LogP) is -1.71. The van der Waals surface area contributed by atoms with Crippen LogP contribution in [-0.4, -0.2) is 52.8 Å². The Bertz CT molecular complexity index is 393. The molecule has 1 heterocycles. The van der Waals surface area contributed by atoms with Gasteiger partial charge < -0.3 is 16.6 Å². The van der Waals surface area contributed by atoms with Crippen LogP contribution < -0.4 is 11.5 Å². The Kier molecular flexibility index (Phi) is 4.78. The van der Waals surface area contributed by atoms with Crippen LogP contribution in [0.1, 0.15) is 19.3 Å². The van der Waals surface area contributed by atoms with Crippen molar-refractivity contribution in [3.63, 3.8) is 0 Å². The molecule has 1 rings (SSSR count). The smallest absolute Gasteiger partial charge is 0.320 e. The van der Waals surface area contributed by atoms with E-state index in [-0.39, 0.29) is 43.6 Å².